The zero-order valence-electron chi connectivity index (χ0n) is 15.1. The Morgan fingerprint density at radius 1 is 1.31 bits per heavy atom. The number of aryl methyl sites for hydroxylation is 1. The lowest BCUT2D eigenvalue weighted by atomic mass is 10.1. The normalized spacial score (nSPS) is 20.2. The molecule has 1 fully saturated rings. The molecular formula is C18H22N4O4. The van der Waals surface area contributed by atoms with Crippen molar-refractivity contribution >= 4 is 11.6 Å². The van der Waals surface area contributed by atoms with Gasteiger partial charge in [0.25, 0.3) is 0 Å². The van der Waals surface area contributed by atoms with Crippen LogP contribution in [0, 0.1) is 24.0 Å². The van der Waals surface area contributed by atoms with Crippen molar-refractivity contribution in [3.05, 3.63) is 57.4 Å². The third-order valence-corrected chi connectivity index (χ3v) is 4.60. The van der Waals surface area contributed by atoms with Crippen LogP contribution >= 0.6 is 0 Å². The maximum Gasteiger partial charge on any atom is 0.312 e. The van der Waals surface area contributed by atoms with Gasteiger partial charge < -0.3 is 9.64 Å². The molecule has 1 aliphatic heterocycles. The second-order valence-corrected chi connectivity index (χ2v) is 6.58. The van der Waals surface area contributed by atoms with Crippen molar-refractivity contribution in [3.8, 4) is 0 Å². The Kier molecular flexibility index (Phi) is 5.03. The monoisotopic (exact) mass is 358 g/mol. The van der Waals surface area contributed by atoms with Gasteiger partial charge in [0.05, 0.1) is 17.6 Å². The van der Waals surface area contributed by atoms with Gasteiger partial charge in [0, 0.05) is 6.54 Å². The van der Waals surface area contributed by atoms with Crippen molar-refractivity contribution < 1.29 is 14.5 Å². The fourth-order valence-corrected chi connectivity index (χ4v) is 3.34. The summed E-state index contributed by atoms with van der Waals surface area (Å²) in [5.41, 5.74) is 1.70. The molecule has 0 saturated carbocycles. The van der Waals surface area contributed by atoms with Crippen molar-refractivity contribution in [1.82, 2.24) is 14.7 Å². The molecule has 0 aliphatic carbocycles. The Morgan fingerprint density at radius 3 is 2.62 bits per heavy atom. The Labute approximate surface area is 151 Å². The first-order valence-corrected chi connectivity index (χ1v) is 8.53. The molecule has 2 heterocycles. The number of amides is 1. The van der Waals surface area contributed by atoms with E-state index < -0.39 is 4.92 Å². The van der Waals surface area contributed by atoms with Gasteiger partial charge in [0.1, 0.15) is 24.0 Å². The molecule has 1 saturated heterocycles. The topological polar surface area (TPSA) is 90.5 Å². The lowest BCUT2D eigenvalue weighted by molar-refractivity contribution is -0.386. The van der Waals surface area contributed by atoms with E-state index in [1.165, 1.54) is 4.68 Å². The minimum atomic E-state index is -0.457. The highest BCUT2D eigenvalue weighted by atomic mass is 16.6. The molecule has 0 radical (unpaired) electrons. The average Bonchev–Trinajstić information content (AvgIpc) is 2.88. The van der Waals surface area contributed by atoms with Crippen LogP contribution in [0.3, 0.4) is 0 Å². The van der Waals surface area contributed by atoms with Crippen LogP contribution in [-0.4, -0.2) is 44.7 Å². The number of benzene rings is 1. The largest absolute Gasteiger partial charge is 0.367 e. The van der Waals surface area contributed by atoms with Crippen molar-refractivity contribution in [2.45, 2.75) is 39.5 Å². The van der Waals surface area contributed by atoms with Gasteiger partial charge in [-0.15, -0.1) is 0 Å². The Hall–Kier alpha value is -2.74. The first-order chi connectivity index (χ1) is 12.4. The van der Waals surface area contributed by atoms with Gasteiger partial charge in [-0.2, -0.15) is 5.10 Å². The number of aromatic nitrogens is 2. The molecule has 2 atom stereocenters. The number of hydrogen-bond donors (Lipinski definition) is 0. The fourth-order valence-electron chi connectivity index (χ4n) is 3.34. The summed E-state index contributed by atoms with van der Waals surface area (Å²) in [4.78, 5) is 25.2. The smallest absolute Gasteiger partial charge is 0.312 e. The number of rotatable bonds is 4. The highest BCUT2D eigenvalue weighted by molar-refractivity contribution is 5.76. The average molecular weight is 358 g/mol. The van der Waals surface area contributed by atoms with Gasteiger partial charge in [-0.25, -0.2) is 0 Å². The van der Waals surface area contributed by atoms with Gasteiger partial charge in [-0.3, -0.25) is 19.6 Å². The van der Waals surface area contributed by atoms with Crippen LogP contribution in [0.25, 0.3) is 0 Å². The van der Waals surface area contributed by atoms with Crippen LogP contribution in [0.5, 0.6) is 0 Å². The molecule has 138 valence electrons. The van der Waals surface area contributed by atoms with Gasteiger partial charge in [0.2, 0.25) is 5.91 Å². The van der Waals surface area contributed by atoms with Gasteiger partial charge in [-0.1, -0.05) is 30.3 Å². The van der Waals surface area contributed by atoms with E-state index in [0.29, 0.717) is 24.5 Å². The number of nitrogens with zero attached hydrogens (tertiary/aromatic N) is 4. The summed E-state index contributed by atoms with van der Waals surface area (Å²) in [6.07, 6.45) is -0.272. The minimum absolute atomic E-state index is 0.0191. The first kappa shape index (κ1) is 18.1. The zero-order valence-corrected chi connectivity index (χ0v) is 15.1. The number of hydrogen-bond acceptors (Lipinski definition) is 5. The molecule has 1 aliphatic rings. The molecule has 1 aromatic heterocycles. The molecule has 0 unspecified atom stereocenters. The predicted octanol–water partition coefficient (Wildman–Crippen LogP) is 2.40. The molecule has 1 aromatic carbocycles. The number of nitro groups is 1. The van der Waals surface area contributed by atoms with Gasteiger partial charge in [0.15, 0.2) is 0 Å². The SMILES string of the molecule is Cc1nn(CC(=O)N2C[C@@H](C)O[C@@H](c3ccccc3)C2)c(C)c1[N+](=O)[O-]. The maximum atomic E-state index is 12.8. The lowest BCUT2D eigenvalue weighted by Gasteiger charge is -2.37. The molecule has 8 heteroatoms. The highest BCUT2D eigenvalue weighted by Gasteiger charge is 2.30. The molecule has 2 aromatic rings. The molecule has 26 heavy (non-hydrogen) atoms. The molecular weight excluding hydrogens is 336 g/mol. The van der Waals surface area contributed by atoms with Crippen molar-refractivity contribution in [2.75, 3.05) is 13.1 Å². The third kappa shape index (κ3) is 3.60. The van der Waals surface area contributed by atoms with Crippen molar-refractivity contribution in [1.29, 1.82) is 0 Å². The number of ether oxygens (including phenoxy) is 1. The van der Waals surface area contributed by atoms with E-state index in [-0.39, 0.29) is 30.3 Å². The van der Waals surface area contributed by atoms with Crippen LogP contribution in [0.1, 0.15) is 30.0 Å². The summed E-state index contributed by atoms with van der Waals surface area (Å²) in [5.74, 6) is -0.124. The predicted molar refractivity (Wildman–Crippen MR) is 94.7 cm³/mol. The minimum Gasteiger partial charge on any atom is -0.367 e. The molecule has 3 rings (SSSR count). The lowest BCUT2D eigenvalue weighted by Crippen LogP contribution is -2.47. The number of carbonyl (C=O) groups is 1. The summed E-state index contributed by atoms with van der Waals surface area (Å²) in [5, 5.41) is 15.3. The molecule has 1 amide bonds. The van der Waals surface area contributed by atoms with Crippen LogP contribution in [0.2, 0.25) is 0 Å². The first-order valence-electron chi connectivity index (χ1n) is 8.53. The zero-order chi connectivity index (χ0) is 18.8. The van der Waals surface area contributed by atoms with Crippen LogP contribution in [-0.2, 0) is 16.1 Å². The Morgan fingerprint density at radius 2 is 2.00 bits per heavy atom. The molecule has 0 bridgehead atoms. The quantitative estimate of drug-likeness (QED) is 0.618. The van der Waals surface area contributed by atoms with E-state index in [0.717, 1.165) is 5.56 Å². The van der Waals surface area contributed by atoms with Crippen LogP contribution in [0.15, 0.2) is 30.3 Å². The summed E-state index contributed by atoms with van der Waals surface area (Å²) in [6, 6.07) is 9.79. The molecule has 0 spiro atoms. The molecule has 0 N–H and O–H groups in total. The summed E-state index contributed by atoms with van der Waals surface area (Å²) >= 11 is 0. The van der Waals surface area contributed by atoms with Gasteiger partial charge in [-0.05, 0) is 26.3 Å². The van der Waals surface area contributed by atoms with Crippen LogP contribution in [0.4, 0.5) is 5.69 Å². The Balaban J connectivity index is 1.75. The van der Waals surface area contributed by atoms with Crippen LogP contribution < -0.4 is 0 Å². The maximum absolute atomic E-state index is 12.8. The summed E-state index contributed by atoms with van der Waals surface area (Å²) < 4.78 is 7.39. The van der Waals surface area contributed by atoms with Gasteiger partial charge >= 0.3 is 5.69 Å². The number of morpholine rings is 1. The van der Waals surface area contributed by atoms with E-state index in [9.17, 15) is 14.9 Å². The Bertz CT molecular complexity index is 818. The van der Waals surface area contributed by atoms with E-state index in [1.54, 1.807) is 18.7 Å². The van der Waals surface area contributed by atoms with E-state index in [4.69, 9.17) is 4.74 Å². The standard InChI is InChI=1S/C18H22N4O4/c1-12-9-20(10-16(26-12)15-7-5-4-6-8-15)17(23)11-21-14(3)18(22(24)25)13(2)19-21/h4-8,12,16H,9-11H2,1-3H3/t12-,16-/m1/s1. The van der Waals surface area contributed by atoms with E-state index in [2.05, 4.69) is 5.10 Å². The summed E-state index contributed by atoms with van der Waals surface area (Å²) in [6.45, 7) is 6.05. The molecule has 8 nitrogen and oxygen atoms in total. The van der Waals surface area contributed by atoms with E-state index in [1.807, 2.05) is 37.3 Å². The fraction of sp³-hybridized carbons (Fsp3) is 0.444. The number of carbonyl (C=O) groups excluding carboxylic acids is 1. The second kappa shape index (κ2) is 7.25. The van der Waals surface area contributed by atoms with E-state index >= 15 is 0 Å². The third-order valence-electron chi connectivity index (χ3n) is 4.60. The highest BCUT2D eigenvalue weighted by Crippen LogP contribution is 2.26. The second-order valence-electron chi connectivity index (χ2n) is 6.58. The van der Waals surface area contributed by atoms with Crippen molar-refractivity contribution in [2.24, 2.45) is 0 Å². The van der Waals surface area contributed by atoms with Crippen molar-refractivity contribution in [3.63, 3.8) is 0 Å². The summed E-state index contributed by atoms with van der Waals surface area (Å²) in [7, 11) is 0.